The molecule has 0 spiro atoms. The zero-order chi connectivity index (χ0) is 12.3. The molecule has 0 aromatic heterocycles. The molecule has 17 heavy (non-hydrogen) atoms. The van der Waals surface area contributed by atoms with Gasteiger partial charge in [0.1, 0.15) is 0 Å². The maximum atomic E-state index is 6.10. The molecule has 0 amide bonds. The number of hydrazine groups is 1. The first-order chi connectivity index (χ1) is 8.16. The van der Waals surface area contributed by atoms with Crippen molar-refractivity contribution in [2.75, 3.05) is 13.1 Å². The Morgan fingerprint density at radius 3 is 2.88 bits per heavy atom. The molecular formula is C12H17Cl2N3. The molecule has 3 N–H and O–H groups in total. The molecule has 2 rings (SSSR count). The third-order valence-electron chi connectivity index (χ3n) is 3.14. The Hall–Kier alpha value is -0.320. The van der Waals surface area contributed by atoms with Gasteiger partial charge in [-0.15, -0.1) is 0 Å². The van der Waals surface area contributed by atoms with Crippen LogP contribution in [0.5, 0.6) is 0 Å². The van der Waals surface area contributed by atoms with Gasteiger partial charge in [0.15, 0.2) is 0 Å². The first-order valence-corrected chi connectivity index (χ1v) is 6.55. The smallest absolute Gasteiger partial charge is 0.0465 e. The van der Waals surface area contributed by atoms with E-state index in [0.29, 0.717) is 17.0 Å². The Balaban J connectivity index is 1.81. The lowest BCUT2D eigenvalue weighted by molar-refractivity contribution is 0.454. The van der Waals surface area contributed by atoms with Crippen LogP contribution in [0.3, 0.4) is 0 Å². The largest absolute Gasteiger partial charge is 0.312 e. The molecule has 1 aliphatic rings. The number of hydrogen-bond acceptors (Lipinski definition) is 3. The van der Waals surface area contributed by atoms with Gasteiger partial charge in [-0.2, -0.15) is 0 Å². The van der Waals surface area contributed by atoms with E-state index < -0.39 is 0 Å². The van der Waals surface area contributed by atoms with Gasteiger partial charge in [-0.1, -0.05) is 29.3 Å². The lowest BCUT2D eigenvalue weighted by Gasteiger charge is -2.14. The molecule has 2 atom stereocenters. The van der Waals surface area contributed by atoms with Gasteiger partial charge in [0.05, 0.1) is 0 Å². The monoisotopic (exact) mass is 273 g/mol. The standard InChI is InChI=1S/C12H17Cl2N3/c1-8-10(7-16-17-8)6-15-5-9-2-3-11(13)4-12(9)14/h2-4,8,10,15-17H,5-7H2,1H3. The molecule has 0 radical (unpaired) electrons. The molecular weight excluding hydrogens is 257 g/mol. The highest BCUT2D eigenvalue weighted by Gasteiger charge is 2.21. The van der Waals surface area contributed by atoms with Crippen LogP contribution in [0, 0.1) is 5.92 Å². The molecule has 1 aliphatic heterocycles. The highest BCUT2D eigenvalue weighted by molar-refractivity contribution is 6.35. The van der Waals surface area contributed by atoms with Gasteiger partial charge in [0, 0.05) is 41.6 Å². The fourth-order valence-electron chi connectivity index (χ4n) is 1.95. The van der Waals surface area contributed by atoms with Crippen molar-refractivity contribution in [3.05, 3.63) is 33.8 Å². The number of rotatable bonds is 4. The van der Waals surface area contributed by atoms with E-state index in [-0.39, 0.29) is 0 Å². The van der Waals surface area contributed by atoms with Gasteiger partial charge < -0.3 is 5.32 Å². The average Bonchev–Trinajstić information content (AvgIpc) is 2.68. The lowest BCUT2D eigenvalue weighted by Crippen LogP contribution is -2.32. The van der Waals surface area contributed by atoms with Crippen LogP contribution < -0.4 is 16.2 Å². The van der Waals surface area contributed by atoms with Crippen LogP contribution in [0.25, 0.3) is 0 Å². The van der Waals surface area contributed by atoms with E-state index in [0.717, 1.165) is 30.2 Å². The van der Waals surface area contributed by atoms with Crippen molar-refractivity contribution in [3.63, 3.8) is 0 Å². The average molecular weight is 274 g/mol. The molecule has 1 heterocycles. The summed E-state index contributed by atoms with van der Waals surface area (Å²) in [6.07, 6.45) is 0. The van der Waals surface area contributed by atoms with Gasteiger partial charge in [0.25, 0.3) is 0 Å². The zero-order valence-corrected chi connectivity index (χ0v) is 11.3. The molecule has 0 bridgehead atoms. The van der Waals surface area contributed by atoms with Crippen LogP contribution >= 0.6 is 23.2 Å². The first kappa shape index (κ1) is 13.1. The van der Waals surface area contributed by atoms with E-state index in [1.165, 1.54) is 0 Å². The number of nitrogens with one attached hydrogen (secondary N) is 3. The predicted octanol–water partition coefficient (Wildman–Crippen LogP) is 2.20. The van der Waals surface area contributed by atoms with Gasteiger partial charge in [-0.3, -0.25) is 10.9 Å². The summed E-state index contributed by atoms with van der Waals surface area (Å²) in [6, 6.07) is 6.11. The van der Waals surface area contributed by atoms with Crippen LogP contribution in [0.4, 0.5) is 0 Å². The van der Waals surface area contributed by atoms with Crippen molar-refractivity contribution in [1.29, 1.82) is 0 Å². The first-order valence-electron chi connectivity index (χ1n) is 5.80. The fraction of sp³-hybridized carbons (Fsp3) is 0.500. The molecule has 1 aromatic rings. The molecule has 3 nitrogen and oxygen atoms in total. The Bertz CT molecular complexity index is 384. The van der Waals surface area contributed by atoms with Crippen LogP contribution in [-0.2, 0) is 6.54 Å². The Morgan fingerprint density at radius 1 is 1.41 bits per heavy atom. The number of benzene rings is 1. The highest BCUT2D eigenvalue weighted by Crippen LogP contribution is 2.20. The topological polar surface area (TPSA) is 36.1 Å². The molecule has 2 unspecified atom stereocenters. The second-order valence-electron chi connectivity index (χ2n) is 4.44. The van der Waals surface area contributed by atoms with Gasteiger partial charge in [0.2, 0.25) is 0 Å². The lowest BCUT2D eigenvalue weighted by atomic mass is 10.0. The van der Waals surface area contributed by atoms with Gasteiger partial charge in [-0.05, 0) is 24.6 Å². The summed E-state index contributed by atoms with van der Waals surface area (Å²) in [6.45, 7) is 4.93. The molecule has 94 valence electrons. The minimum atomic E-state index is 0.503. The Morgan fingerprint density at radius 2 is 2.24 bits per heavy atom. The van der Waals surface area contributed by atoms with Crippen LogP contribution in [0.2, 0.25) is 10.0 Å². The number of hydrogen-bond donors (Lipinski definition) is 3. The van der Waals surface area contributed by atoms with E-state index in [4.69, 9.17) is 23.2 Å². The van der Waals surface area contributed by atoms with Crippen molar-refractivity contribution in [1.82, 2.24) is 16.2 Å². The molecule has 1 aromatic carbocycles. The van der Waals surface area contributed by atoms with E-state index in [2.05, 4.69) is 23.1 Å². The Labute approximate surface area is 112 Å². The van der Waals surface area contributed by atoms with Crippen LogP contribution in [0.15, 0.2) is 18.2 Å². The minimum Gasteiger partial charge on any atom is -0.312 e. The van der Waals surface area contributed by atoms with E-state index >= 15 is 0 Å². The quantitative estimate of drug-likeness (QED) is 0.787. The second kappa shape index (κ2) is 6.03. The van der Waals surface area contributed by atoms with Crippen molar-refractivity contribution >= 4 is 23.2 Å². The summed E-state index contributed by atoms with van der Waals surface area (Å²) in [7, 11) is 0. The van der Waals surface area contributed by atoms with Crippen molar-refractivity contribution in [3.8, 4) is 0 Å². The van der Waals surface area contributed by atoms with E-state index in [1.807, 2.05) is 12.1 Å². The SMILES string of the molecule is CC1NNCC1CNCc1ccc(Cl)cc1Cl. The van der Waals surface area contributed by atoms with Gasteiger partial charge >= 0.3 is 0 Å². The van der Waals surface area contributed by atoms with Crippen LogP contribution in [0.1, 0.15) is 12.5 Å². The number of halogens is 2. The van der Waals surface area contributed by atoms with Crippen molar-refractivity contribution < 1.29 is 0 Å². The fourth-order valence-corrected chi connectivity index (χ4v) is 2.43. The second-order valence-corrected chi connectivity index (χ2v) is 5.28. The molecule has 0 aliphatic carbocycles. The molecule has 5 heteroatoms. The maximum absolute atomic E-state index is 6.10. The van der Waals surface area contributed by atoms with Gasteiger partial charge in [-0.25, -0.2) is 0 Å². The molecule has 1 fully saturated rings. The van der Waals surface area contributed by atoms with E-state index in [1.54, 1.807) is 6.07 Å². The summed E-state index contributed by atoms with van der Waals surface area (Å²) in [4.78, 5) is 0. The summed E-state index contributed by atoms with van der Waals surface area (Å²) in [5.41, 5.74) is 7.45. The highest BCUT2D eigenvalue weighted by atomic mass is 35.5. The van der Waals surface area contributed by atoms with E-state index in [9.17, 15) is 0 Å². The predicted molar refractivity (Wildman–Crippen MR) is 72.3 cm³/mol. The zero-order valence-electron chi connectivity index (χ0n) is 9.76. The third-order valence-corrected chi connectivity index (χ3v) is 3.73. The Kier molecular flexibility index (Phi) is 4.65. The maximum Gasteiger partial charge on any atom is 0.0465 e. The minimum absolute atomic E-state index is 0.503. The summed E-state index contributed by atoms with van der Waals surface area (Å²) in [5, 5.41) is 4.83. The van der Waals surface area contributed by atoms with Crippen molar-refractivity contribution in [2.45, 2.75) is 19.5 Å². The normalized spacial score (nSPS) is 24.2. The summed E-state index contributed by atoms with van der Waals surface area (Å²) >= 11 is 12.0. The summed E-state index contributed by atoms with van der Waals surface area (Å²) in [5.74, 6) is 0.612. The van der Waals surface area contributed by atoms with Crippen molar-refractivity contribution in [2.24, 2.45) is 5.92 Å². The molecule has 1 saturated heterocycles. The molecule has 0 saturated carbocycles. The van der Waals surface area contributed by atoms with Crippen LogP contribution in [-0.4, -0.2) is 19.1 Å². The summed E-state index contributed by atoms with van der Waals surface area (Å²) < 4.78 is 0. The third kappa shape index (κ3) is 3.57.